The SMILES string of the molecule is Cc1c(C(=O)O)nn(C(F)C(F)F)c1-c1cccc(Cl)c1. The lowest BCUT2D eigenvalue weighted by Gasteiger charge is -2.12. The van der Waals surface area contributed by atoms with E-state index in [1.54, 1.807) is 12.1 Å². The van der Waals surface area contributed by atoms with E-state index < -0.39 is 24.4 Å². The molecule has 1 heterocycles. The molecule has 0 amide bonds. The van der Waals surface area contributed by atoms with E-state index in [2.05, 4.69) is 5.10 Å². The first kappa shape index (κ1) is 15.4. The quantitative estimate of drug-likeness (QED) is 0.929. The third kappa shape index (κ3) is 2.87. The Morgan fingerprint density at radius 3 is 2.57 bits per heavy atom. The van der Waals surface area contributed by atoms with Crippen molar-refractivity contribution in [2.75, 3.05) is 0 Å². The van der Waals surface area contributed by atoms with E-state index in [0.717, 1.165) is 0 Å². The first-order chi connectivity index (χ1) is 9.82. The average Bonchev–Trinajstić information content (AvgIpc) is 2.75. The van der Waals surface area contributed by atoms with Crippen LogP contribution in [-0.2, 0) is 0 Å². The predicted molar refractivity (Wildman–Crippen MR) is 70.5 cm³/mol. The van der Waals surface area contributed by atoms with Crippen LogP contribution in [0.1, 0.15) is 22.3 Å². The zero-order valence-corrected chi connectivity index (χ0v) is 11.5. The fraction of sp³-hybridized carbons (Fsp3) is 0.231. The van der Waals surface area contributed by atoms with Gasteiger partial charge in [0.2, 0.25) is 0 Å². The zero-order valence-electron chi connectivity index (χ0n) is 10.7. The van der Waals surface area contributed by atoms with Crippen LogP contribution in [0, 0.1) is 6.92 Å². The smallest absolute Gasteiger partial charge is 0.356 e. The van der Waals surface area contributed by atoms with Crippen LogP contribution < -0.4 is 0 Å². The molecule has 1 unspecified atom stereocenters. The van der Waals surface area contributed by atoms with Crippen LogP contribution in [0.15, 0.2) is 24.3 Å². The molecule has 0 radical (unpaired) electrons. The van der Waals surface area contributed by atoms with Gasteiger partial charge in [-0.05, 0) is 19.1 Å². The lowest BCUT2D eigenvalue weighted by atomic mass is 10.1. The maximum Gasteiger partial charge on any atom is 0.356 e. The third-order valence-corrected chi connectivity index (χ3v) is 3.12. The summed E-state index contributed by atoms with van der Waals surface area (Å²) in [5.74, 6) is -1.42. The van der Waals surface area contributed by atoms with Crippen molar-refractivity contribution in [2.45, 2.75) is 19.6 Å². The first-order valence-corrected chi connectivity index (χ1v) is 6.21. The number of carboxylic acids is 1. The van der Waals surface area contributed by atoms with Crippen molar-refractivity contribution in [2.24, 2.45) is 0 Å². The predicted octanol–water partition coefficient (Wildman–Crippen LogP) is 3.94. The number of benzene rings is 1. The Labute approximate surface area is 122 Å². The van der Waals surface area contributed by atoms with Gasteiger partial charge in [-0.3, -0.25) is 0 Å². The van der Waals surface area contributed by atoms with Crippen LogP contribution in [0.4, 0.5) is 13.2 Å². The average molecular weight is 319 g/mol. The molecule has 0 saturated carbocycles. The Bertz CT molecular complexity index is 688. The van der Waals surface area contributed by atoms with Crippen LogP contribution in [0.25, 0.3) is 11.3 Å². The van der Waals surface area contributed by atoms with Crippen LogP contribution >= 0.6 is 11.6 Å². The molecule has 1 N–H and O–H groups in total. The Morgan fingerprint density at radius 1 is 1.38 bits per heavy atom. The Balaban J connectivity index is 2.70. The van der Waals surface area contributed by atoms with Gasteiger partial charge in [0.25, 0.3) is 12.7 Å². The van der Waals surface area contributed by atoms with Crippen molar-refractivity contribution in [3.8, 4) is 11.3 Å². The monoisotopic (exact) mass is 318 g/mol. The fourth-order valence-electron chi connectivity index (χ4n) is 1.99. The number of rotatable bonds is 4. The maximum absolute atomic E-state index is 13.7. The summed E-state index contributed by atoms with van der Waals surface area (Å²) in [5, 5.41) is 12.8. The van der Waals surface area contributed by atoms with Gasteiger partial charge in [-0.1, -0.05) is 23.7 Å². The summed E-state index contributed by atoms with van der Waals surface area (Å²) in [6.45, 7) is 1.38. The van der Waals surface area contributed by atoms with Crippen molar-refractivity contribution in [3.05, 3.63) is 40.5 Å². The molecule has 0 fully saturated rings. The minimum atomic E-state index is -3.33. The molecule has 0 bridgehead atoms. The maximum atomic E-state index is 13.7. The van der Waals surface area contributed by atoms with Gasteiger partial charge in [0, 0.05) is 16.1 Å². The van der Waals surface area contributed by atoms with Crippen molar-refractivity contribution in [3.63, 3.8) is 0 Å². The highest BCUT2D eigenvalue weighted by Gasteiger charge is 2.29. The normalized spacial score (nSPS) is 12.7. The number of carboxylic acid groups (broad SMARTS) is 1. The highest BCUT2D eigenvalue weighted by Crippen LogP contribution is 2.32. The van der Waals surface area contributed by atoms with E-state index in [0.29, 0.717) is 15.3 Å². The molecule has 1 aromatic heterocycles. The molecule has 21 heavy (non-hydrogen) atoms. The second kappa shape index (κ2) is 5.77. The largest absolute Gasteiger partial charge is 0.476 e. The van der Waals surface area contributed by atoms with Gasteiger partial charge in [-0.15, -0.1) is 0 Å². The van der Waals surface area contributed by atoms with Gasteiger partial charge >= 0.3 is 5.97 Å². The first-order valence-electron chi connectivity index (χ1n) is 5.83. The van der Waals surface area contributed by atoms with Gasteiger partial charge < -0.3 is 5.11 Å². The van der Waals surface area contributed by atoms with Gasteiger partial charge in [-0.25, -0.2) is 22.6 Å². The molecule has 0 aliphatic rings. The molecule has 0 aliphatic carbocycles. The lowest BCUT2D eigenvalue weighted by Crippen LogP contribution is -2.15. The van der Waals surface area contributed by atoms with Gasteiger partial charge in [0.05, 0.1) is 5.69 Å². The summed E-state index contributed by atoms with van der Waals surface area (Å²) in [6, 6.07) is 6.03. The number of hydrogen-bond acceptors (Lipinski definition) is 2. The molecule has 0 saturated heterocycles. The highest BCUT2D eigenvalue weighted by atomic mass is 35.5. The van der Waals surface area contributed by atoms with Crippen LogP contribution in [0.2, 0.25) is 5.02 Å². The number of aromatic carboxylic acids is 1. The van der Waals surface area contributed by atoms with E-state index in [9.17, 15) is 18.0 Å². The zero-order chi connectivity index (χ0) is 15.7. The van der Waals surface area contributed by atoms with E-state index >= 15 is 0 Å². The van der Waals surface area contributed by atoms with Crippen molar-refractivity contribution < 1.29 is 23.1 Å². The summed E-state index contributed by atoms with van der Waals surface area (Å²) < 4.78 is 39.3. The van der Waals surface area contributed by atoms with E-state index in [4.69, 9.17) is 16.7 Å². The second-order valence-corrected chi connectivity index (χ2v) is 4.73. The number of nitrogens with zero attached hydrogens (tertiary/aromatic N) is 2. The van der Waals surface area contributed by atoms with Crippen molar-refractivity contribution in [1.29, 1.82) is 0 Å². The van der Waals surface area contributed by atoms with Gasteiger partial charge in [-0.2, -0.15) is 5.10 Å². The number of carbonyl (C=O) groups is 1. The van der Waals surface area contributed by atoms with Gasteiger partial charge in [0.15, 0.2) is 5.69 Å². The Kier molecular flexibility index (Phi) is 4.22. The summed E-state index contributed by atoms with van der Waals surface area (Å²) in [4.78, 5) is 11.1. The highest BCUT2D eigenvalue weighted by molar-refractivity contribution is 6.30. The lowest BCUT2D eigenvalue weighted by molar-refractivity contribution is 0.00144. The van der Waals surface area contributed by atoms with Gasteiger partial charge in [0.1, 0.15) is 0 Å². The molecule has 1 aromatic carbocycles. The molecule has 2 aromatic rings. The summed E-state index contributed by atoms with van der Waals surface area (Å²) in [6.07, 6.45) is -6.07. The molecule has 1 atom stereocenters. The fourth-order valence-corrected chi connectivity index (χ4v) is 2.18. The van der Waals surface area contributed by atoms with E-state index in [-0.39, 0.29) is 11.3 Å². The topological polar surface area (TPSA) is 55.1 Å². The number of hydrogen-bond donors (Lipinski definition) is 1. The van der Waals surface area contributed by atoms with Crippen LogP contribution in [-0.4, -0.2) is 27.3 Å². The van der Waals surface area contributed by atoms with E-state index in [1.165, 1.54) is 19.1 Å². The third-order valence-electron chi connectivity index (χ3n) is 2.89. The summed E-state index contributed by atoms with van der Waals surface area (Å²) in [7, 11) is 0. The minimum Gasteiger partial charge on any atom is -0.476 e. The summed E-state index contributed by atoms with van der Waals surface area (Å²) in [5.41, 5.74) is -0.118. The standard InChI is InChI=1S/C13H10ClF3N2O2/c1-6-9(13(20)21)18-19(12(17)11(15)16)10(6)7-3-2-4-8(14)5-7/h2-5,11-12H,1H3,(H,20,21). The molecule has 0 spiro atoms. The Morgan fingerprint density at radius 2 is 2.05 bits per heavy atom. The molecular weight excluding hydrogens is 309 g/mol. The molecule has 0 aliphatic heterocycles. The summed E-state index contributed by atoms with van der Waals surface area (Å²) >= 11 is 5.82. The van der Waals surface area contributed by atoms with Crippen LogP contribution in [0.3, 0.4) is 0 Å². The van der Waals surface area contributed by atoms with E-state index in [1.807, 2.05) is 0 Å². The minimum absolute atomic E-state index is 0.0392. The second-order valence-electron chi connectivity index (χ2n) is 4.29. The van der Waals surface area contributed by atoms with Crippen LogP contribution in [0.5, 0.6) is 0 Å². The molecule has 4 nitrogen and oxygen atoms in total. The molecule has 2 rings (SSSR count). The Hall–Kier alpha value is -2.02. The van der Waals surface area contributed by atoms with Crippen molar-refractivity contribution >= 4 is 17.6 Å². The molecular formula is C13H10ClF3N2O2. The van der Waals surface area contributed by atoms with Crippen molar-refractivity contribution in [1.82, 2.24) is 9.78 Å². The molecule has 8 heteroatoms. The molecule has 112 valence electrons. The number of aromatic nitrogens is 2. The number of halogens is 4. The number of alkyl halides is 3.